The van der Waals surface area contributed by atoms with Crippen LogP contribution < -0.4 is 0 Å². The van der Waals surface area contributed by atoms with E-state index in [-0.39, 0.29) is 5.41 Å². The molecule has 0 saturated carbocycles. The van der Waals surface area contributed by atoms with E-state index < -0.39 is 0 Å². The molecule has 0 aliphatic heterocycles. The molecule has 156 valence electrons. The van der Waals surface area contributed by atoms with Gasteiger partial charge in [0.15, 0.2) is 0 Å². The lowest BCUT2D eigenvalue weighted by Crippen LogP contribution is -2.18. The maximum atomic E-state index is 4.88. The van der Waals surface area contributed by atoms with Gasteiger partial charge in [-0.1, -0.05) is 50.2 Å². The first kappa shape index (κ1) is 17.4. The smallest absolute Gasteiger partial charge is 0.0931 e. The van der Waals surface area contributed by atoms with E-state index in [0.29, 0.717) is 0 Å². The highest BCUT2D eigenvalue weighted by molar-refractivity contribution is 6.15. The Morgan fingerprint density at radius 2 is 1.03 bits per heavy atom. The van der Waals surface area contributed by atoms with Gasteiger partial charge in [0, 0.05) is 62.9 Å². The molecule has 0 amide bonds. The van der Waals surface area contributed by atoms with Crippen molar-refractivity contribution in [3.8, 4) is 0 Å². The summed E-state index contributed by atoms with van der Waals surface area (Å²) in [7, 11) is 0. The molecule has 0 radical (unpaired) electrons. The fourth-order valence-corrected chi connectivity index (χ4v) is 6.00. The molecule has 8 aromatic rings. The quantitative estimate of drug-likeness (QED) is 0.306. The van der Waals surface area contributed by atoms with Crippen molar-refractivity contribution >= 4 is 54.6 Å². The minimum absolute atomic E-state index is 0.275. The molecule has 0 atom stereocenters. The molecular formula is C29H20N4. The van der Waals surface area contributed by atoms with Gasteiger partial charge in [0.05, 0.1) is 33.1 Å². The van der Waals surface area contributed by atoms with Crippen LogP contribution in [0.15, 0.2) is 85.5 Å². The number of hydrogen-bond acceptors (Lipinski definition) is 2. The Labute approximate surface area is 189 Å². The zero-order chi connectivity index (χ0) is 21.9. The molecule has 8 rings (SSSR count). The van der Waals surface area contributed by atoms with Crippen LogP contribution in [0.4, 0.5) is 0 Å². The van der Waals surface area contributed by atoms with E-state index in [1.807, 2.05) is 12.4 Å². The number of hydrogen-bond donors (Lipinski definition) is 0. The molecular weight excluding hydrogens is 404 g/mol. The third kappa shape index (κ3) is 1.94. The Morgan fingerprint density at radius 3 is 1.52 bits per heavy atom. The number of benzene rings is 2. The maximum absolute atomic E-state index is 4.88. The van der Waals surface area contributed by atoms with E-state index in [1.165, 1.54) is 54.7 Å². The van der Waals surface area contributed by atoms with Crippen molar-refractivity contribution in [2.45, 2.75) is 19.3 Å². The molecule has 0 spiro atoms. The van der Waals surface area contributed by atoms with E-state index in [0.717, 1.165) is 11.0 Å². The molecule has 0 aliphatic carbocycles. The van der Waals surface area contributed by atoms with Crippen LogP contribution in [-0.2, 0) is 5.41 Å². The van der Waals surface area contributed by atoms with Crippen molar-refractivity contribution in [3.05, 3.63) is 96.6 Å². The molecule has 0 N–H and O–H groups in total. The van der Waals surface area contributed by atoms with Gasteiger partial charge in [0.25, 0.3) is 0 Å². The molecule has 0 aliphatic rings. The average molecular weight is 425 g/mol. The summed E-state index contributed by atoms with van der Waals surface area (Å²) in [6, 6.07) is 21.5. The lowest BCUT2D eigenvalue weighted by molar-refractivity contribution is 0.649. The van der Waals surface area contributed by atoms with Crippen LogP contribution in [0.5, 0.6) is 0 Å². The van der Waals surface area contributed by atoms with Crippen LogP contribution in [-0.4, -0.2) is 18.8 Å². The maximum Gasteiger partial charge on any atom is 0.0931 e. The average Bonchev–Trinajstić information content (AvgIpc) is 3.59. The molecule has 0 unspecified atom stereocenters. The Kier molecular flexibility index (Phi) is 2.95. The number of rotatable bonds is 2. The number of nitrogens with zero attached hydrogens (tertiary/aromatic N) is 4. The standard InChI is InChI=1S/C29H20N4/c1-29(2,21-15-32-23-9-5-3-7-17(23)19-11-13-30-25(21)27(19)32)22-16-33-24-10-6-4-8-18(24)20-12-14-31-26(22)28(20)33/h3-16H,1-2H3. The Bertz CT molecular complexity index is 1860. The topological polar surface area (TPSA) is 34.6 Å². The molecule has 4 heteroatoms. The van der Waals surface area contributed by atoms with Gasteiger partial charge in [-0.3, -0.25) is 9.97 Å². The number of pyridine rings is 2. The lowest BCUT2D eigenvalue weighted by Gasteiger charge is -2.23. The summed E-state index contributed by atoms with van der Waals surface area (Å²) in [4.78, 5) is 9.77. The number of fused-ring (bicyclic) bond motifs is 6. The first-order valence-corrected chi connectivity index (χ1v) is 11.4. The first-order valence-electron chi connectivity index (χ1n) is 11.4. The predicted molar refractivity (Wildman–Crippen MR) is 135 cm³/mol. The van der Waals surface area contributed by atoms with Gasteiger partial charge in [-0.15, -0.1) is 0 Å². The van der Waals surface area contributed by atoms with Crippen molar-refractivity contribution in [1.29, 1.82) is 0 Å². The number of aromatic nitrogens is 4. The first-order chi connectivity index (χ1) is 16.1. The minimum Gasteiger partial charge on any atom is -0.314 e. The third-order valence-electron chi connectivity index (χ3n) is 7.61. The van der Waals surface area contributed by atoms with E-state index in [4.69, 9.17) is 9.97 Å². The summed E-state index contributed by atoms with van der Waals surface area (Å²) in [5.74, 6) is 0. The summed E-state index contributed by atoms with van der Waals surface area (Å²) in [5.41, 5.74) is 9.20. The lowest BCUT2D eigenvalue weighted by atomic mass is 9.79. The Morgan fingerprint density at radius 1 is 0.576 bits per heavy atom. The van der Waals surface area contributed by atoms with Gasteiger partial charge in [-0.2, -0.15) is 0 Å². The predicted octanol–water partition coefficient (Wildman–Crippen LogP) is 6.80. The van der Waals surface area contributed by atoms with E-state index in [9.17, 15) is 0 Å². The molecule has 6 aromatic heterocycles. The van der Waals surface area contributed by atoms with Gasteiger partial charge < -0.3 is 8.80 Å². The highest BCUT2D eigenvalue weighted by Gasteiger charge is 2.33. The van der Waals surface area contributed by atoms with Crippen LogP contribution in [0.2, 0.25) is 0 Å². The van der Waals surface area contributed by atoms with Crippen LogP contribution in [0.3, 0.4) is 0 Å². The zero-order valence-corrected chi connectivity index (χ0v) is 18.4. The van der Waals surface area contributed by atoms with Gasteiger partial charge in [0.2, 0.25) is 0 Å². The van der Waals surface area contributed by atoms with E-state index in [1.54, 1.807) is 0 Å². The molecule has 0 saturated heterocycles. The third-order valence-corrected chi connectivity index (χ3v) is 7.61. The molecule has 33 heavy (non-hydrogen) atoms. The van der Waals surface area contributed by atoms with Crippen molar-refractivity contribution < 1.29 is 0 Å². The van der Waals surface area contributed by atoms with Crippen molar-refractivity contribution in [1.82, 2.24) is 18.8 Å². The Hall–Kier alpha value is -4.18. The Balaban J connectivity index is 1.48. The van der Waals surface area contributed by atoms with E-state index in [2.05, 4.69) is 95.7 Å². The summed E-state index contributed by atoms with van der Waals surface area (Å²) in [6.45, 7) is 4.60. The van der Waals surface area contributed by atoms with Crippen LogP contribution in [0.1, 0.15) is 25.0 Å². The SMILES string of the molecule is CC(C)(c1cn2c3ccccc3c3ccnc1c32)c1cn2c3ccccc3c3ccnc1c32. The van der Waals surface area contributed by atoms with E-state index >= 15 is 0 Å². The fraction of sp³-hybridized carbons (Fsp3) is 0.103. The van der Waals surface area contributed by atoms with Crippen LogP contribution in [0, 0.1) is 0 Å². The summed E-state index contributed by atoms with van der Waals surface area (Å²) in [6.07, 6.45) is 8.48. The monoisotopic (exact) mass is 424 g/mol. The molecule has 6 heterocycles. The van der Waals surface area contributed by atoms with Crippen LogP contribution in [0.25, 0.3) is 54.6 Å². The second-order valence-electron chi connectivity index (χ2n) is 9.60. The largest absolute Gasteiger partial charge is 0.314 e. The van der Waals surface area contributed by atoms with Gasteiger partial charge in [-0.25, -0.2) is 0 Å². The molecule has 4 nitrogen and oxygen atoms in total. The second-order valence-corrected chi connectivity index (χ2v) is 9.60. The second kappa shape index (κ2) is 5.59. The number of para-hydroxylation sites is 2. The van der Waals surface area contributed by atoms with Crippen molar-refractivity contribution in [3.63, 3.8) is 0 Å². The van der Waals surface area contributed by atoms with Crippen LogP contribution >= 0.6 is 0 Å². The highest BCUT2D eigenvalue weighted by atomic mass is 14.9. The van der Waals surface area contributed by atoms with Gasteiger partial charge in [-0.05, 0) is 24.3 Å². The summed E-state index contributed by atoms with van der Waals surface area (Å²) >= 11 is 0. The minimum atomic E-state index is -0.275. The van der Waals surface area contributed by atoms with Crippen molar-refractivity contribution in [2.75, 3.05) is 0 Å². The molecule has 0 bridgehead atoms. The van der Waals surface area contributed by atoms with Crippen molar-refractivity contribution in [2.24, 2.45) is 0 Å². The fourth-order valence-electron chi connectivity index (χ4n) is 6.00. The normalized spacial score (nSPS) is 13.2. The van der Waals surface area contributed by atoms with Gasteiger partial charge in [0.1, 0.15) is 0 Å². The molecule has 2 aromatic carbocycles. The summed E-state index contributed by atoms with van der Waals surface area (Å²) < 4.78 is 4.65. The highest BCUT2D eigenvalue weighted by Crippen LogP contribution is 2.44. The molecule has 0 fully saturated rings. The van der Waals surface area contributed by atoms with Gasteiger partial charge >= 0.3 is 0 Å². The summed E-state index contributed by atoms with van der Waals surface area (Å²) in [5, 5.41) is 5.07. The zero-order valence-electron chi connectivity index (χ0n) is 18.4.